The van der Waals surface area contributed by atoms with Crippen LogP contribution in [-0.2, 0) is 6.42 Å². The topological polar surface area (TPSA) is 21.3 Å². The standard InChI is InChI=1S/C23H27NO/c1-18-7-5-12-22(24-18)11-4-3-8-19-9-6-10-21(17-19)20-13-15-23(25-2)16-14-20/h4,6,9-11,13-17,22,24H,1,3,5,7-8,12H2,2H3/b11-4+. The average Bonchev–Trinajstić information content (AvgIpc) is 2.66. The molecule has 130 valence electrons. The SMILES string of the molecule is C=C1CCCC(/C=C/CCc2cccc(-c3ccc(OC)cc3)c2)N1. The van der Waals surface area contributed by atoms with Crippen molar-refractivity contribution in [1.82, 2.24) is 5.32 Å². The van der Waals surface area contributed by atoms with Gasteiger partial charge in [-0.15, -0.1) is 0 Å². The molecule has 0 saturated carbocycles. The predicted octanol–water partition coefficient (Wildman–Crippen LogP) is 5.51. The van der Waals surface area contributed by atoms with Crippen LogP contribution < -0.4 is 10.1 Å². The zero-order valence-electron chi connectivity index (χ0n) is 15.0. The maximum atomic E-state index is 5.23. The molecule has 2 aromatic rings. The van der Waals surface area contributed by atoms with E-state index in [1.807, 2.05) is 12.1 Å². The number of nitrogens with one attached hydrogen (secondary N) is 1. The Morgan fingerprint density at radius 2 is 2.00 bits per heavy atom. The fourth-order valence-corrected chi connectivity index (χ4v) is 3.29. The number of methoxy groups -OCH3 is 1. The number of piperidine rings is 1. The van der Waals surface area contributed by atoms with E-state index in [9.17, 15) is 0 Å². The molecule has 1 heterocycles. The van der Waals surface area contributed by atoms with Crippen molar-refractivity contribution in [1.29, 1.82) is 0 Å². The maximum Gasteiger partial charge on any atom is 0.118 e. The van der Waals surface area contributed by atoms with Crippen molar-refractivity contribution in [2.75, 3.05) is 7.11 Å². The van der Waals surface area contributed by atoms with Crippen molar-refractivity contribution < 1.29 is 4.74 Å². The van der Waals surface area contributed by atoms with Gasteiger partial charge in [-0.2, -0.15) is 0 Å². The van der Waals surface area contributed by atoms with Crippen LogP contribution in [0.5, 0.6) is 5.75 Å². The van der Waals surface area contributed by atoms with E-state index in [2.05, 4.69) is 60.4 Å². The molecule has 2 heteroatoms. The Bertz CT molecular complexity index is 730. The minimum absolute atomic E-state index is 0.465. The third-order valence-corrected chi connectivity index (χ3v) is 4.70. The summed E-state index contributed by atoms with van der Waals surface area (Å²) in [6.45, 7) is 4.04. The highest BCUT2D eigenvalue weighted by Crippen LogP contribution is 2.23. The Balaban J connectivity index is 1.57. The lowest BCUT2D eigenvalue weighted by Crippen LogP contribution is -2.29. The fourth-order valence-electron chi connectivity index (χ4n) is 3.29. The van der Waals surface area contributed by atoms with Crippen molar-refractivity contribution in [2.45, 2.75) is 38.1 Å². The normalized spacial score (nSPS) is 17.5. The van der Waals surface area contributed by atoms with Crippen LogP contribution in [0.2, 0.25) is 0 Å². The average molecular weight is 333 g/mol. The minimum Gasteiger partial charge on any atom is -0.497 e. The fraction of sp³-hybridized carbons (Fsp3) is 0.304. The van der Waals surface area contributed by atoms with Crippen LogP contribution in [-0.4, -0.2) is 13.2 Å². The van der Waals surface area contributed by atoms with E-state index in [1.54, 1.807) is 7.11 Å². The summed E-state index contributed by atoms with van der Waals surface area (Å²) in [4.78, 5) is 0. The third kappa shape index (κ3) is 4.99. The lowest BCUT2D eigenvalue weighted by molar-refractivity contribution is 0.415. The van der Waals surface area contributed by atoms with E-state index in [0.717, 1.165) is 25.0 Å². The van der Waals surface area contributed by atoms with Gasteiger partial charge in [0.2, 0.25) is 0 Å². The van der Waals surface area contributed by atoms with E-state index in [4.69, 9.17) is 4.74 Å². The van der Waals surface area contributed by atoms with E-state index in [0.29, 0.717) is 6.04 Å². The van der Waals surface area contributed by atoms with Crippen LogP contribution in [0, 0.1) is 0 Å². The Labute approximate surface area is 151 Å². The molecule has 1 aliphatic rings. The summed E-state index contributed by atoms with van der Waals surface area (Å²) in [5.74, 6) is 0.893. The summed E-state index contributed by atoms with van der Waals surface area (Å²) in [6.07, 6.45) is 10.3. The molecule has 1 N–H and O–H groups in total. The highest BCUT2D eigenvalue weighted by Gasteiger charge is 2.10. The molecule has 1 saturated heterocycles. The van der Waals surface area contributed by atoms with Gasteiger partial charge in [-0.05, 0) is 60.9 Å². The van der Waals surface area contributed by atoms with Gasteiger partial charge >= 0.3 is 0 Å². The van der Waals surface area contributed by atoms with Crippen molar-refractivity contribution in [3.63, 3.8) is 0 Å². The Hall–Kier alpha value is -2.48. The van der Waals surface area contributed by atoms with Crippen LogP contribution in [0.1, 0.15) is 31.2 Å². The summed E-state index contributed by atoms with van der Waals surface area (Å²) in [6, 6.07) is 17.5. The molecule has 0 aromatic heterocycles. The van der Waals surface area contributed by atoms with Crippen LogP contribution >= 0.6 is 0 Å². The first kappa shape index (κ1) is 17.3. The molecule has 1 unspecified atom stereocenters. The van der Waals surface area contributed by atoms with Gasteiger partial charge in [-0.25, -0.2) is 0 Å². The Morgan fingerprint density at radius 1 is 1.16 bits per heavy atom. The number of hydrogen-bond donors (Lipinski definition) is 1. The summed E-state index contributed by atoms with van der Waals surface area (Å²) in [5.41, 5.74) is 5.03. The van der Waals surface area contributed by atoms with Gasteiger partial charge in [0.05, 0.1) is 7.11 Å². The van der Waals surface area contributed by atoms with Gasteiger partial charge in [0, 0.05) is 11.7 Å². The molecular formula is C23H27NO. The van der Waals surface area contributed by atoms with Gasteiger partial charge in [0.15, 0.2) is 0 Å². The molecule has 1 fully saturated rings. The smallest absolute Gasteiger partial charge is 0.118 e. The van der Waals surface area contributed by atoms with Crippen molar-refractivity contribution in [2.24, 2.45) is 0 Å². The van der Waals surface area contributed by atoms with Crippen molar-refractivity contribution >= 4 is 0 Å². The highest BCUT2D eigenvalue weighted by molar-refractivity contribution is 5.64. The first-order valence-electron chi connectivity index (χ1n) is 9.09. The number of benzene rings is 2. The summed E-state index contributed by atoms with van der Waals surface area (Å²) < 4.78 is 5.23. The molecular weight excluding hydrogens is 306 g/mol. The lowest BCUT2D eigenvalue weighted by Gasteiger charge is -2.23. The molecule has 25 heavy (non-hydrogen) atoms. The number of aryl methyl sites for hydroxylation is 1. The van der Waals surface area contributed by atoms with Gasteiger partial charge < -0.3 is 10.1 Å². The summed E-state index contributed by atoms with van der Waals surface area (Å²) >= 11 is 0. The van der Waals surface area contributed by atoms with Crippen molar-refractivity contribution in [3.8, 4) is 16.9 Å². The Morgan fingerprint density at radius 3 is 2.76 bits per heavy atom. The molecule has 0 aliphatic carbocycles. The molecule has 2 nitrogen and oxygen atoms in total. The van der Waals surface area contributed by atoms with E-state index in [-0.39, 0.29) is 0 Å². The zero-order chi connectivity index (χ0) is 17.5. The molecule has 3 rings (SSSR count). The van der Waals surface area contributed by atoms with Crippen molar-refractivity contribution in [3.05, 3.63) is 78.5 Å². The maximum absolute atomic E-state index is 5.23. The van der Waals surface area contributed by atoms with E-state index < -0.39 is 0 Å². The minimum atomic E-state index is 0.465. The second-order valence-corrected chi connectivity index (χ2v) is 6.64. The second-order valence-electron chi connectivity index (χ2n) is 6.64. The molecule has 0 radical (unpaired) electrons. The number of rotatable bonds is 6. The molecule has 1 atom stereocenters. The van der Waals surface area contributed by atoms with E-state index >= 15 is 0 Å². The largest absolute Gasteiger partial charge is 0.497 e. The quantitative estimate of drug-likeness (QED) is 0.704. The van der Waals surface area contributed by atoms with Gasteiger partial charge in [0.1, 0.15) is 5.75 Å². The molecule has 2 aromatic carbocycles. The zero-order valence-corrected chi connectivity index (χ0v) is 15.0. The first-order valence-corrected chi connectivity index (χ1v) is 9.09. The molecule has 0 amide bonds. The lowest BCUT2D eigenvalue weighted by atomic mass is 10.00. The predicted molar refractivity (Wildman–Crippen MR) is 106 cm³/mol. The first-order chi connectivity index (χ1) is 12.2. The number of allylic oxidation sites excluding steroid dienone is 2. The monoisotopic (exact) mass is 333 g/mol. The van der Waals surface area contributed by atoms with Crippen LogP contribution in [0.15, 0.2) is 73.0 Å². The second kappa shape index (κ2) is 8.57. The summed E-state index contributed by atoms with van der Waals surface area (Å²) in [5, 5.41) is 3.46. The Kier molecular flexibility index (Phi) is 5.95. The van der Waals surface area contributed by atoms with Gasteiger partial charge in [-0.3, -0.25) is 0 Å². The number of hydrogen-bond acceptors (Lipinski definition) is 2. The number of ether oxygens (including phenoxy) is 1. The molecule has 0 bridgehead atoms. The van der Waals surface area contributed by atoms with Gasteiger partial charge in [0.25, 0.3) is 0 Å². The van der Waals surface area contributed by atoms with Crippen LogP contribution in [0.3, 0.4) is 0 Å². The van der Waals surface area contributed by atoms with Crippen LogP contribution in [0.25, 0.3) is 11.1 Å². The molecule has 1 aliphatic heterocycles. The third-order valence-electron chi connectivity index (χ3n) is 4.70. The highest BCUT2D eigenvalue weighted by atomic mass is 16.5. The summed E-state index contributed by atoms with van der Waals surface area (Å²) in [7, 11) is 1.70. The van der Waals surface area contributed by atoms with Crippen LogP contribution in [0.4, 0.5) is 0 Å². The van der Waals surface area contributed by atoms with Gasteiger partial charge in [-0.1, -0.05) is 55.1 Å². The molecule has 0 spiro atoms. The van der Waals surface area contributed by atoms with E-state index in [1.165, 1.54) is 35.2 Å².